The summed E-state index contributed by atoms with van der Waals surface area (Å²) in [6.07, 6.45) is 1.17. The predicted molar refractivity (Wildman–Crippen MR) is 88.0 cm³/mol. The number of likely N-dealkylation sites (N-methyl/N-ethyl adjacent to an activating group) is 1. The lowest BCUT2D eigenvalue weighted by atomic mass is 10.0. The number of benzene rings is 1. The third-order valence-electron chi connectivity index (χ3n) is 4.11. The number of rotatable bonds is 9. The summed E-state index contributed by atoms with van der Waals surface area (Å²) in [4.78, 5) is 2.43. The van der Waals surface area contributed by atoms with Crippen molar-refractivity contribution in [3.63, 3.8) is 0 Å². The van der Waals surface area contributed by atoms with Crippen LogP contribution in [0.15, 0.2) is 18.2 Å². The molecular formula is C17H30N2O2. The van der Waals surface area contributed by atoms with E-state index in [2.05, 4.69) is 31.7 Å². The summed E-state index contributed by atoms with van der Waals surface area (Å²) in [5.74, 6) is 2.30. The maximum Gasteiger partial charge on any atom is 0.127 e. The molecule has 0 aliphatic carbocycles. The molecule has 1 aromatic rings. The van der Waals surface area contributed by atoms with E-state index in [-0.39, 0.29) is 6.04 Å². The molecule has 0 saturated heterocycles. The zero-order chi connectivity index (χ0) is 15.8. The molecule has 0 aliphatic rings. The highest BCUT2D eigenvalue weighted by atomic mass is 16.5. The molecule has 0 saturated carbocycles. The fraction of sp³-hybridized carbons (Fsp3) is 0.647. The monoisotopic (exact) mass is 294 g/mol. The van der Waals surface area contributed by atoms with Crippen LogP contribution in [0.3, 0.4) is 0 Å². The molecule has 0 amide bonds. The van der Waals surface area contributed by atoms with E-state index in [1.807, 2.05) is 12.1 Å². The first-order valence-corrected chi connectivity index (χ1v) is 7.77. The van der Waals surface area contributed by atoms with Gasteiger partial charge in [-0.3, -0.25) is 4.90 Å². The molecule has 0 bridgehead atoms. The SMILES string of the molecule is CCC(C)CN(CC)C(CN)c1ccc(OC)cc1OC. The van der Waals surface area contributed by atoms with Crippen LogP contribution in [0, 0.1) is 5.92 Å². The van der Waals surface area contributed by atoms with Crippen LogP contribution < -0.4 is 15.2 Å². The van der Waals surface area contributed by atoms with Crippen molar-refractivity contribution in [1.29, 1.82) is 0 Å². The van der Waals surface area contributed by atoms with Crippen LogP contribution in [0.4, 0.5) is 0 Å². The highest BCUT2D eigenvalue weighted by molar-refractivity contribution is 5.42. The third-order valence-corrected chi connectivity index (χ3v) is 4.11. The van der Waals surface area contributed by atoms with Gasteiger partial charge in [-0.1, -0.05) is 33.3 Å². The summed E-state index contributed by atoms with van der Waals surface area (Å²) in [5.41, 5.74) is 7.19. The summed E-state index contributed by atoms with van der Waals surface area (Å²) in [7, 11) is 3.35. The van der Waals surface area contributed by atoms with Crippen molar-refractivity contribution in [3.05, 3.63) is 23.8 Å². The number of hydrogen-bond acceptors (Lipinski definition) is 4. The summed E-state index contributed by atoms with van der Waals surface area (Å²) in [6, 6.07) is 6.13. The Hall–Kier alpha value is -1.26. The molecule has 0 aromatic heterocycles. The van der Waals surface area contributed by atoms with Gasteiger partial charge in [-0.15, -0.1) is 0 Å². The molecule has 4 nitrogen and oxygen atoms in total. The van der Waals surface area contributed by atoms with Gasteiger partial charge in [0.2, 0.25) is 0 Å². The molecule has 0 fully saturated rings. The molecule has 2 atom stereocenters. The van der Waals surface area contributed by atoms with Gasteiger partial charge in [0.25, 0.3) is 0 Å². The Balaban J connectivity index is 3.06. The average Bonchev–Trinajstić information content (AvgIpc) is 2.54. The number of ether oxygens (including phenoxy) is 2. The molecule has 21 heavy (non-hydrogen) atoms. The molecule has 2 N–H and O–H groups in total. The molecule has 0 heterocycles. The van der Waals surface area contributed by atoms with Gasteiger partial charge >= 0.3 is 0 Å². The zero-order valence-electron chi connectivity index (χ0n) is 14.1. The Morgan fingerprint density at radius 2 is 1.90 bits per heavy atom. The lowest BCUT2D eigenvalue weighted by molar-refractivity contribution is 0.179. The summed E-state index contributed by atoms with van der Waals surface area (Å²) >= 11 is 0. The average molecular weight is 294 g/mol. The number of nitrogens with two attached hydrogens (primary N) is 1. The zero-order valence-corrected chi connectivity index (χ0v) is 14.1. The van der Waals surface area contributed by atoms with E-state index >= 15 is 0 Å². The second kappa shape index (κ2) is 8.90. The van der Waals surface area contributed by atoms with E-state index in [1.54, 1.807) is 14.2 Å². The summed E-state index contributed by atoms with van der Waals surface area (Å²) in [5, 5.41) is 0. The van der Waals surface area contributed by atoms with Gasteiger partial charge in [0, 0.05) is 24.7 Å². The largest absolute Gasteiger partial charge is 0.497 e. The maximum absolute atomic E-state index is 6.06. The Bertz CT molecular complexity index is 423. The van der Waals surface area contributed by atoms with E-state index in [1.165, 1.54) is 6.42 Å². The molecule has 0 spiro atoms. The summed E-state index contributed by atoms with van der Waals surface area (Å²) in [6.45, 7) is 9.28. The van der Waals surface area contributed by atoms with Crippen LogP contribution in [0.5, 0.6) is 11.5 Å². The lowest BCUT2D eigenvalue weighted by Crippen LogP contribution is -2.36. The minimum Gasteiger partial charge on any atom is -0.497 e. The van der Waals surface area contributed by atoms with Crippen LogP contribution in [0.2, 0.25) is 0 Å². The Morgan fingerprint density at radius 3 is 2.38 bits per heavy atom. The van der Waals surface area contributed by atoms with Crippen molar-refractivity contribution >= 4 is 0 Å². The summed E-state index contributed by atoms with van der Waals surface area (Å²) < 4.78 is 10.8. The minimum atomic E-state index is 0.171. The lowest BCUT2D eigenvalue weighted by Gasteiger charge is -2.33. The van der Waals surface area contributed by atoms with Crippen molar-refractivity contribution in [2.45, 2.75) is 33.2 Å². The van der Waals surface area contributed by atoms with Gasteiger partial charge < -0.3 is 15.2 Å². The van der Waals surface area contributed by atoms with Crippen molar-refractivity contribution in [2.75, 3.05) is 33.9 Å². The quantitative estimate of drug-likeness (QED) is 0.760. The second-order valence-corrected chi connectivity index (χ2v) is 5.46. The first kappa shape index (κ1) is 17.8. The van der Waals surface area contributed by atoms with Gasteiger partial charge in [0.15, 0.2) is 0 Å². The van der Waals surface area contributed by atoms with Gasteiger partial charge in [-0.25, -0.2) is 0 Å². The van der Waals surface area contributed by atoms with Crippen molar-refractivity contribution in [3.8, 4) is 11.5 Å². The fourth-order valence-corrected chi connectivity index (χ4v) is 2.57. The van der Waals surface area contributed by atoms with Crippen LogP contribution in [0.1, 0.15) is 38.8 Å². The molecule has 1 rings (SSSR count). The highest BCUT2D eigenvalue weighted by Gasteiger charge is 2.22. The number of hydrogen-bond donors (Lipinski definition) is 1. The van der Waals surface area contributed by atoms with Crippen molar-refractivity contribution < 1.29 is 9.47 Å². The Labute approximate surface area is 129 Å². The van der Waals surface area contributed by atoms with Gasteiger partial charge in [-0.2, -0.15) is 0 Å². The standard InChI is InChI=1S/C17H30N2O2/c1-6-13(3)12-19(7-2)16(11-18)15-9-8-14(20-4)10-17(15)21-5/h8-10,13,16H,6-7,11-12,18H2,1-5H3. The Morgan fingerprint density at radius 1 is 1.19 bits per heavy atom. The van der Waals surface area contributed by atoms with E-state index in [4.69, 9.17) is 15.2 Å². The number of nitrogens with zero attached hydrogens (tertiary/aromatic N) is 1. The van der Waals surface area contributed by atoms with E-state index in [0.29, 0.717) is 12.5 Å². The minimum absolute atomic E-state index is 0.171. The number of methoxy groups -OCH3 is 2. The molecule has 2 unspecified atom stereocenters. The molecule has 1 aromatic carbocycles. The maximum atomic E-state index is 6.06. The predicted octanol–water partition coefficient (Wildman–Crippen LogP) is 3.07. The van der Waals surface area contributed by atoms with Gasteiger partial charge in [0.05, 0.1) is 20.3 Å². The third kappa shape index (κ3) is 4.61. The molecule has 0 radical (unpaired) electrons. The van der Waals surface area contributed by atoms with Crippen molar-refractivity contribution in [2.24, 2.45) is 11.7 Å². The van der Waals surface area contributed by atoms with E-state index < -0.39 is 0 Å². The fourth-order valence-electron chi connectivity index (χ4n) is 2.57. The molecule has 120 valence electrons. The van der Waals surface area contributed by atoms with Crippen LogP contribution >= 0.6 is 0 Å². The van der Waals surface area contributed by atoms with Crippen LogP contribution in [-0.2, 0) is 0 Å². The van der Waals surface area contributed by atoms with Gasteiger partial charge in [-0.05, 0) is 18.5 Å². The van der Waals surface area contributed by atoms with E-state index in [9.17, 15) is 0 Å². The molecule has 4 heteroatoms. The first-order chi connectivity index (χ1) is 10.1. The second-order valence-electron chi connectivity index (χ2n) is 5.46. The van der Waals surface area contributed by atoms with Crippen LogP contribution in [-0.4, -0.2) is 38.8 Å². The van der Waals surface area contributed by atoms with Crippen LogP contribution in [0.25, 0.3) is 0 Å². The first-order valence-electron chi connectivity index (χ1n) is 7.77. The van der Waals surface area contributed by atoms with E-state index in [0.717, 1.165) is 30.2 Å². The van der Waals surface area contributed by atoms with Crippen molar-refractivity contribution in [1.82, 2.24) is 4.90 Å². The molecule has 0 aliphatic heterocycles. The normalized spacial score (nSPS) is 14.0. The van der Waals surface area contributed by atoms with Gasteiger partial charge in [0.1, 0.15) is 11.5 Å². The molecular weight excluding hydrogens is 264 g/mol. The smallest absolute Gasteiger partial charge is 0.127 e. The topological polar surface area (TPSA) is 47.7 Å². The highest BCUT2D eigenvalue weighted by Crippen LogP contribution is 2.32. The Kier molecular flexibility index (Phi) is 7.54.